The molecule has 0 amide bonds. The Morgan fingerprint density at radius 1 is 1.12 bits per heavy atom. The molecule has 17 heavy (non-hydrogen) atoms. The highest BCUT2D eigenvalue weighted by Crippen LogP contribution is 2.25. The van der Waals surface area contributed by atoms with Crippen LogP contribution in [0.25, 0.3) is 11.3 Å². The largest absolute Gasteiger partial charge is 0.256 e. The summed E-state index contributed by atoms with van der Waals surface area (Å²) < 4.78 is 0. The zero-order valence-corrected chi connectivity index (χ0v) is 10.8. The zero-order valence-electron chi connectivity index (χ0n) is 10.8. The van der Waals surface area contributed by atoms with Gasteiger partial charge in [0.2, 0.25) is 0 Å². The molecule has 1 aromatic heterocycles. The number of hydrogen-bond acceptors (Lipinski definition) is 1. The van der Waals surface area contributed by atoms with Crippen molar-refractivity contribution in [1.29, 1.82) is 0 Å². The Bertz CT molecular complexity index is 486. The molecule has 0 radical (unpaired) electrons. The van der Waals surface area contributed by atoms with Crippen LogP contribution in [0.15, 0.2) is 42.6 Å². The van der Waals surface area contributed by atoms with E-state index in [1.54, 1.807) is 0 Å². The summed E-state index contributed by atoms with van der Waals surface area (Å²) in [5.41, 5.74) is 5.04. The van der Waals surface area contributed by atoms with Gasteiger partial charge in [0.05, 0.1) is 5.69 Å². The number of pyridine rings is 1. The van der Waals surface area contributed by atoms with Crippen LogP contribution in [0, 0.1) is 12.8 Å². The van der Waals surface area contributed by atoms with Crippen LogP contribution in [-0.4, -0.2) is 4.98 Å². The molecule has 0 aliphatic rings. The molecule has 0 spiro atoms. The Morgan fingerprint density at radius 3 is 2.59 bits per heavy atom. The topological polar surface area (TPSA) is 12.9 Å². The fraction of sp³-hybridized carbons (Fsp3) is 0.312. The van der Waals surface area contributed by atoms with E-state index in [1.807, 2.05) is 18.3 Å². The highest BCUT2D eigenvalue weighted by molar-refractivity contribution is 5.64. The first-order valence-corrected chi connectivity index (χ1v) is 6.18. The lowest BCUT2D eigenvalue weighted by molar-refractivity contribution is 0.648. The number of aromatic nitrogens is 1. The third kappa shape index (κ3) is 2.94. The van der Waals surface area contributed by atoms with E-state index in [2.05, 4.69) is 50.0 Å². The van der Waals surface area contributed by atoms with Gasteiger partial charge in [0, 0.05) is 11.8 Å². The fourth-order valence-electron chi connectivity index (χ4n) is 2.07. The minimum atomic E-state index is 0.667. The van der Waals surface area contributed by atoms with E-state index < -0.39 is 0 Å². The third-order valence-corrected chi connectivity index (χ3v) is 2.83. The lowest BCUT2D eigenvalue weighted by atomic mass is 9.94. The Morgan fingerprint density at radius 2 is 1.94 bits per heavy atom. The molecule has 88 valence electrons. The lowest BCUT2D eigenvalue weighted by Gasteiger charge is -2.12. The predicted molar refractivity (Wildman–Crippen MR) is 73.0 cm³/mol. The number of hydrogen-bond donors (Lipinski definition) is 0. The molecule has 0 fully saturated rings. The molecular weight excluding hydrogens is 206 g/mol. The molecule has 0 N–H and O–H groups in total. The second kappa shape index (κ2) is 5.13. The summed E-state index contributed by atoms with van der Waals surface area (Å²) in [6.45, 7) is 6.63. The Kier molecular flexibility index (Phi) is 3.58. The molecule has 0 aliphatic carbocycles. The first-order valence-electron chi connectivity index (χ1n) is 6.18. The van der Waals surface area contributed by atoms with Crippen LogP contribution < -0.4 is 0 Å². The number of nitrogens with zero attached hydrogens (tertiary/aromatic N) is 1. The first kappa shape index (κ1) is 11.8. The van der Waals surface area contributed by atoms with Gasteiger partial charge in [0.1, 0.15) is 0 Å². The quantitative estimate of drug-likeness (QED) is 0.760. The number of aryl methyl sites for hydroxylation is 1. The highest BCUT2D eigenvalue weighted by Gasteiger charge is 2.07. The number of rotatable bonds is 3. The monoisotopic (exact) mass is 225 g/mol. The summed E-state index contributed by atoms with van der Waals surface area (Å²) in [4.78, 5) is 4.46. The molecule has 0 aliphatic heterocycles. The van der Waals surface area contributed by atoms with Gasteiger partial charge in [-0.15, -0.1) is 0 Å². The van der Waals surface area contributed by atoms with Crippen LogP contribution in [0.2, 0.25) is 0 Å². The minimum absolute atomic E-state index is 0.667. The maximum absolute atomic E-state index is 4.46. The van der Waals surface area contributed by atoms with Gasteiger partial charge in [0.25, 0.3) is 0 Å². The summed E-state index contributed by atoms with van der Waals surface area (Å²) in [5, 5.41) is 0. The third-order valence-electron chi connectivity index (χ3n) is 2.83. The normalized spacial score (nSPS) is 10.8. The van der Waals surface area contributed by atoms with Crippen molar-refractivity contribution in [1.82, 2.24) is 4.98 Å². The van der Waals surface area contributed by atoms with Crippen molar-refractivity contribution >= 4 is 0 Å². The Hall–Kier alpha value is -1.63. The van der Waals surface area contributed by atoms with E-state index in [1.165, 1.54) is 16.7 Å². The van der Waals surface area contributed by atoms with Crippen molar-refractivity contribution in [3.63, 3.8) is 0 Å². The van der Waals surface area contributed by atoms with Gasteiger partial charge in [0.15, 0.2) is 0 Å². The molecule has 1 heterocycles. The molecule has 1 nitrogen and oxygen atoms in total. The van der Waals surface area contributed by atoms with Gasteiger partial charge in [-0.1, -0.05) is 37.6 Å². The van der Waals surface area contributed by atoms with E-state index >= 15 is 0 Å². The van der Waals surface area contributed by atoms with Crippen LogP contribution in [0.5, 0.6) is 0 Å². The van der Waals surface area contributed by atoms with E-state index in [9.17, 15) is 0 Å². The smallest absolute Gasteiger partial charge is 0.0704 e. The highest BCUT2D eigenvalue weighted by atomic mass is 14.7. The molecule has 2 aromatic rings. The van der Waals surface area contributed by atoms with Gasteiger partial charge in [-0.2, -0.15) is 0 Å². The molecule has 0 saturated heterocycles. The van der Waals surface area contributed by atoms with Crippen molar-refractivity contribution in [3.05, 3.63) is 53.7 Å². The fourth-order valence-corrected chi connectivity index (χ4v) is 2.07. The van der Waals surface area contributed by atoms with Crippen LogP contribution in [0.3, 0.4) is 0 Å². The SMILES string of the molecule is Cc1ccc(CC(C)C)c(-c2ccccn2)c1. The summed E-state index contributed by atoms with van der Waals surface area (Å²) >= 11 is 0. The van der Waals surface area contributed by atoms with Crippen LogP contribution >= 0.6 is 0 Å². The van der Waals surface area contributed by atoms with Crippen molar-refractivity contribution in [2.24, 2.45) is 5.92 Å². The second-order valence-electron chi connectivity index (χ2n) is 4.97. The summed E-state index contributed by atoms with van der Waals surface area (Å²) in [7, 11) is 0. The maximum Gasteiger partial charge on any atom is 0.0704 e. The molecule has 0 unspecified atom stereocenters. The molecule has 0 saturated carbocycles. The van der Waals surface area contributed by atoms with Crippen LogP contribution in [0.1, 0.15) is 25.0 Å². The van der Waals surface area contributed by atoms with Crippen LogP contribution in [-0.2, 0) is 6.42 Å². The van der Waals surface area contributed by atoms with Gasteiger partial charge in [-0.05, 0) is 43.0 Å². The molecule has 1 aromatic carbocycles. The van der Waals surface area contributed by atoms with Crippen molar-refractivity contribution in [2.75, 3.05) is 0 Å². The van der Waals surface area contributed by atoms with Gasteiger partial charge in [-0.25, -0.2) is 0 Å². The van der Waals surface area contributed by atoms with E-state index in [4.69, 9.17) is 0 Å². The van der Waals surface area contributed by atoms with Crippen molar-refractivity contribution in [3.8, 4) is 11.3 Å². The van der Waals surface area contributed by atoms with E-state index in [-0.39, 0.29) is 0 Å². The molecule has 0 bridgehead atoms. The van der Waals surface area contributed by atoms with E-state index in [0.29, 0.717) is 5.92 Å². The number of benzene rings is 1. The van der Waals surface area contributed by atoms with Gasteiger partial charge in [-0.3, -0.25) is 4.98 Å². The van der Waals surface area contributed by atoms with E-state index in [0.717, 1.165) is 12.1 Å². The van der Waals surface area contributed by atoms with Crippen molar-refractivity contribution < 1.29 is 0 Å². The Balaban J connectivity index is 2.47. The average molecular weight is 225 g/mol. The standard InChI is InChI=1S/C16H19N/c1-12(2)10-14-8-7-13(3)11-15(14)16-6-4-5-9-17-16/h4-9,11-12H,10H2,1-3H3. The Labute approximate surface area is 104 Å². The molecule has 1 heteroatoms. The van der Waals surface area contributed by atoms with Crippen molar-refractivity contribution in [2.45, 2.75) is 27.2 Å². The summed E-state index contributed by atoms with van der Waals surface area (Å²) in [6, 6.07) is 12.7. The molecule has 2 rings (SSSR count). The summed E-state index contributed by atoms with van der Waals surface area (Å²) in [6.07, 6.45) is 2.96. The van der Waals surface area contributed by atoms with Gasteiger partial charge < -0.3 is 0 Å². The predicted octanol–water partition coefficient (Wildman–Crippen LogP) is 4.26. The first-order chi connectivity index (χ1) is 8.16. The lowest BCUT2D eigenvalue weighted by Crippen LogP contribution is -1.98. The minimum Gasteiger partial charge on any atom is -0.256 e. The zero-order chi connectivity index (χ0) is 12.3. The van der Waals surface area contributed by atoms with Crippen LogP contribution in [0.4, 0.5) is 0 Å². The maximum atomic E-state index is 4.46. The molecule has 0 atom stereocenters. The van der Waals surface area contributed by atoms with Gasteiger partial charge >= 0.3 is 0 Å². The average Bonchev–Trinajstić information content (AvgIpc) is 2.32. The second-order valence-corrected chi connectivity index (χ2v) is 4.97. The summed E-state index contributed by atoms with van der Waals surface area (Å²) in [5.74, 6) is 0.667. The molecular formula is C16H19N.